The van der Waals surface area contributed by atoms with Gasteiger partial charge < -0.3 is 23.7 Å². The Labute approximate surface area is 176 Å². The summed E-state index contributed by atoms with van der Waals surface area (Å²) in [6, 6.07) is 8.90. The molecular weight excluding hydrogens is 388 g/mol. The van der Waals surface area contributed by atoms with Crippen LogP contribution < -0.4 is 0 Å². The molecule has 0 radical (unpaired) electrons. The van der Waals surface area contributed by atoms with Crippen LogP contribution in [0.5, 0.6) is 0 Å². The van der Waals surface area contributed by atoms with Crippen LogP contribution in [0, 0.1) is 11.8 Å². The number of rotatable bonds is 8. The molecule has 7 heteroatoms. The van der Waals surface area contributed by atoms with Crippen LogP contribution in [0.25, 0.3) is 0 Å². The van der Waals surface area contributed by atoms with Crippen LogP contribution in [0.3, 0.4) is 0 Å². The van der Waals surface area contributed by atoms with Gasteiger partial charge in [0.15, 0.2) is 0 Å². The van der Waals surface area contributed by atoms with Crippen molar-refractivity contribution in [2.24, 2.45) is 11.8 Å². The zero-order valence-corrected chi connectivity index (χ0v) is 17.2. The number of carbonyl (C=O) groups excluding carboxylic acids is 2. The molecule has 0 amide bonds. The van der Waals surface area contributed by atoms with Gasteiger partial charge in [0.1, 0.15) is 18.8 Å². The first-order valence-electron chi connectivity index (χ1n) is 10.6. The average molecular weight is 416 g/mol. The van der Waals surface area contributed by atoms with Gasteiger partial charge in [0, 0.05) is 24.9 Å². The summed E-state index contributed by atoms with van der Waals surface area (Å²) in [6.45, 7) is 3.94. The van der Waals surface area contributed by atoms with E-state index in [0.29, 0.717) is 44.8 Å². The van der Waals surface area contributed by atoms with Crippen molar-refractivity contribution in [1.29, 1.82) is 0 Å². The molecule has 2 saturated heterocycles. The summed E-state index contributed by atoms with van der Waals surface area (Å²) in [7, 11) is 0. The van der Waals surface area contributed by atoms with E-state index in [-0.39, 0.29) is 36.0 Å². The predicted molar refractivity (Wildman–Crippen MR) is 107 cm³/mol. The van der Waals surface area contributed by atoms with Gasteiger partial charge in [0.25, 0.3) is 0 Å². The molecule has 162 valence electrons. The standard InChI is InChI=1S/C23H28O7/c1-2-10-26-15-23(27-11-12-28-23)9-8-17-18-13-21(24)29-20(18)14-19(17)30-22(25)16-6-4-3-5-7-16/h3-9,17-20H,2,10-15H2,1H3/b9-8+/t17-,18-,19-,20+/m1/s1. The Morgan fingerprint density at radius 1 is 1.23 bits per heavy atom. The number of hydrogen-bond acceptors (Lipinski definition) is 7. The van der Waals surface area contributed by atoms with Gasteiger partial charge in [0.2, 0.25) is 5.79 Å². The van der Waals surface area contributed by atoms with Gasteiger partial charge in [-0.15, -0.1) is 0 Å². The maximum Gasteiger partial charge on any atom is 0.338 e. The second-order valence-corrected chi connectivity index (χ2v) is 7.94. The van der Waals surface area contributed by atoms with Gasteiger partial charge in [-0.05, 0) is 24.6 Å². The maximum absolute atomic E-state index is 12.6. The van der Waals surface area contributed by atoms with E-state index < -0.39 is 5.79 Å². The van der Waals surface area contributed by atoms with Crippen molar-refractivity contribution >= 4 is 11.9 Å². The fraction of sp³-hybridized carbons (Fsp3) is 0.565. The molecule has 3 aliphatic rings. The van der Waals surface area contributed by atoms with E-state index in [4.69, 9.17) is 23.7 Å². The van der Waals surface area contributed by atoms with E-state index in [2.05, 4.69) is 0 Å². The number of fused-ring (bicyclic) bond motifs is 1. The number of carbonyl (C=O) groups is 2. The molecular formula is C23H28O7. The van der Waals surface area contributed by atoms with Crippen LogP contribution in [-0.2, 0) is 28.5 Å². The van der Waals surface area contributed by atoms with Crippen molar-refractivity contribution in [3.8, 4) is 0 Å². The molecule has 1 aromatic carbocycles. The first kappa shape index (κ1) is 21.0. The zero-order chi connectivity index (χ0) is 21.0. The fourth-order valence-corrected chi connectivity index (χ4v) is 4.38. The lowest BCUT2D eigenvalue weighted by molar-refractivity contribution is -0.158. The minimum Gasteiger partial charge on any atom is -0.462 e. The lowest BCUT2D eigenvalue weighted by atomic mass is 9.91. The van der Waals surface area contributed by atoms with Crippen LogP contribution in [0.4, 0.5) is 0 Å². The molecule has 30 heavy (non-hydrogen) atoms. The number of esters is 2. The highest BCUT2D eigenvalue weighted by Gasteiger charge is 2.51. The topological polar surface area (TPSA) is 80.3 Å². The van der Waals surface area contributed by atoms with Gasteiger partial charge in [-0.3, -0.25) is 4.79 Å². The summed E-state index contributed by atoms with van der Waals surface area (Å²) in [5, 5.41) is 0. The molecule has 0 bridgehead atoms. The van der Waals surface area contributed by atoms with Gasteiger partial charge in [-0.2, -0.15) is 0 Å². The van der Waals surface area contributed by atoms with E-state index in [1.165, 1.54) is 0 Å². The van der Waals surface area contributed by atoms with Crippen LogP contribution in [0.15, 0.2) is 42.5 Å². The summed E-state index contributed by atoms with van der Waals surface area (Å²) < 4.78 is 28.6. The SMILES string of the molecule is CCCOCC1(/C=C/[C@@H]2[C@H]3CC(=O)O[C@H]3C[C@H]2OC(=O)c2ccccc2)OCCO1. The molecule has 0 aromatic heterocycles. The van der Waals surface area contributed by atoms with E-state index in [1.807, 2.05) is 25.1 Å². The Kier molecular flexibility index (Phi) is 6.51. The molecule has 4 rings (SSSR count). The molecule has 3 fully saturated rings. The first-order valence-corrected chi connectivity index (χ1v) is 10.6. The second kappa shape index (κ2) is 9.29. The highest BCUT2D eigenvalue weighted by atomic mass is 16.8. The maximum atomic E-state index is 12.6. The highest BCUT2D eigenvalue weighted by Crippen LogP contribution is 2.44. The Morgan fingerprint density at radius 3 is 2.73 bits per heavy atom. The monoisotopic (exact) mass is 416 g/mol. The lowest BCUT2D eigenvalue weighted by Crippen LogP contribution is -2.34. The largest absolute Gasteiger partial charge is 0.462 e. The smallest absolute Gasteiger partial charge is 0.338 e. The Bertz CT molecular complexity index is 769. The molecule has 1 aliphatic carbocycles. The summed E-state index contributed by atoms with van der Waals surface area (Å²) in [5.74, 6) is -1.71. The second-order valence-electron chi connectivity index (χ2n) is 7.94. The molecule has 0 spiro atoms. The third-order valence-corrected chi connectivity index (χ3v) is 5.82. The van der Waals surface area contributed by atoms with E-state index in [1.54, 1.807) is 24.3 Å². The third kappa shape index (κ3) is 4.58. The lowest BCUT2D eigenvalue weighted by Gasteiger charge is -2.25. The third-order valence-electron chi connectivity index (χ3n) is 5.82. The Hall–Kier alpha value is -2.22. The zero-order valence-electron chi connectivity index (χ0n) is 17.2. The minimum atomic E-state index is -0.940. The molecule has 0 unspecified atom stereocenters. The van der Waals surface area contributed by atoms with Gasteiger partial charge in [0.05, 0.1) is 25.2 Å². The van der Waals surface area contributed by atoms with Crippen molar-refractivity contribution in [2.45, 2.75) is 44.2 Å². The van der Waals surface area contributed by atoms with Crippen LogP contribution in [0.1, 0.15) is 36.5 Å². The Balaban J connectivity index is 1.50. The quantitative estimate of drug-likeness (QED) is 0.366. The van der Waals surface area contributed by atoms with E-state index in [9.17, 15) is 9.59 Å². The molecule has 4 atom stereocenters. The Morgan fingerprint density at radius 2 is 2.00 bits per heavy atom. The molecule has 1 saturated carbocycles. The van der Waals surface area contributed by atoms with Crippen LogP contribution in [0.2, 0.25) is 0 Å². The fourth-order valence-electron chi connectivity index (χ4n) is 4.38. The van der Waals surface area contributed by atoms with E-state index in [0.717, 1.165) is 6.42 Å². The minimum absolute atomic E-state index is 0.0302. The molecule has 2 heterocycles. The number of benzene rings is 1. The highest BCUT2D eigenvalue weighted by molar-refractivity contribution is 5.89. The summed E-state index contributed by atoms with van der Waals surface area (Å²) in [6.07, 6.45) is 4.91. The van der Waals surface area contributed by atoms with Crippen molar-refractivity contribution in [1.82, 2.24) is 0 Å². The normalized spacial score (nSPS) is 29.8. The number of hydrogen-bond donors (Lipinski definition) is 0. The predicted octanol–water partition coefficient (Wildman–Crippen LogP) is 2.89. The molecule has 1 aromatic rings. The summed E-state index contributed by atoms with van der Waals surface area (Å²) >= 11 is 0. The van der Waals surface area contributed by atoms with Gasteiger partial charge in [-0.1, -0.05) is 31.2 Å². The molecule has 0 N–H and O–H groups in total. The van der Waals surface area contributed by atoms with Crippen LogP contribution in [-0.4, -0.2) is 56.4 Å². The van der Waals surface area contributed by atoms with E-state index >= 15 is 0 Å². The van der Waals surface area contributed by atoms with Crippen LogP contribution >= 0.6 is 0 Å². The van der Waals surface area contributed by atoms with Crippen molar-refractivity contribution in [3.05, 3.63) is 48.0 Å². The van der Waals surface area contributed by atoms with Crippen molar-refractivity contribution in [2.75, 3.05) is 26.4 Å². The molecule has 2 aliphatic heterocycles. The van der Waals surface area contributed by atoms with Crippen molar-refractivity contribution < 1.29 is 33.3 Å². The van der Waals surface area contributed by atoms with Gasteiger partial charge >= 0.3 is 11.9 Å². The van der Waals surface area contributed by atoms with Gasteiger partial charge in [-0.25, -0.2) is 4.79 Å². The summed E-state index contributed by atoms with van der Waals surface area (Å²) in [5.41, 5.74) is 0.501. The first-order chi connectivity index (χ1) is 14.6. The summed E-state index contributed by atoms with van der Waals surface area (Å²) in [4.78, 5) is 24.4. The molecule has 7 nitrogen and oxygen atoms in total. The van der Waals surface area contributed by atoms with Crippen molar-refractivity contribution in [3.63, 3.8) is 0 Å². The average Bonchev–Trinajstić information content (AvgIpc) is 3.43. The number of ether oxygens (including phenoxy) is 5.